The van der Waals surface area contributed by atoms with Crippen LogP contribution in [0.4, 0.5) is 0 Å². The molecule has 2 nitrogen and oxygen atoms in total. The van der Waals surface area contributed by atoms with E-state index < -0.39 is 0 Å². The maximum atomic E-state index is 4.41. The summed E-state index contributed by atoms with van der Waals surface area (Å²) in [4.78, 5) is 0. The van der Waals surface area contributed by atoms with Crippen LogP contribution in [0.2, 0.25) is 0 Å². The summed E-state index contributed by atoms with van der Waals surface area (Å²) < 4.78 is 2.01. The molecule has 0 N–H and O–H groups in total. The largest absolute Gasteiger partial charge is 0.272 e. The van der Waals surface area contributed by atoms with E-state index in [9.17, 15) is 0 Å². The fourth-order valence-corrected chi connectivity index (χ4v) is 3.98. The number of aryl methyl sites for hydroxylation is 2. The van der Waals surface area contributed by atoms with Gasteiger partial charge in [0.2, 0.25) is 0 Å². The van der Waals surface area contributed by atoms with E-state index in [4.69, 9.17) is 0 Å². The van der Waals surface area contributed by atoms with Crippen molar-refractivity contribution in [3.63, 3.8) is 0 Å². The molecule has 16 heavy (non-hydrogen) atoms. The summed E-state index contributed by atoms with van der Waals surface area (Å²) in [6, 6.07) is 2.19. The Labute approximate surface area is 115 Å². The zero-order valence-corrected chi connectivity index (χ0v) is 13.4. The van der Waals surface area contributed by atoms with E-state index in [0.29, 0.717) is 5.41 Å². The van der Waals surface area contributed by atoms with E-state index in [-0.39, 0.29) is 0 Å². The summed E-state index contributed by atoms with van der Waals surface area (Å²) in [6.07, 6.45) is 3.52. The van der Waals surface area contributed by atoms with Crippen molar-refractivity contribution in [1.82, 2.24) is 9.78 Å². The van der Waals surface area contributed by atoms with Gasteiger partial charge in [0.1, 0.15) is 0 Å². The normalized spacial score (nSPS) is 12.1. The average molecular weight is 352 g/mol. The fourth-order valence-electron chi connectivity index (χ4n) is 2.10. The lowest BCUT2D eigenvalue weighted by atomic mass is 9.83. The second-order valence-corrected chi connectivity index (χ2v) is 5.72. The standard InChI is InChI=1S/C12H20Br2N2/c1-4-5-12(8-13,9-14)7-11-6-10(2)15-16(11)3/h6H,4-5,7-9H2,1-3H3. The molecule has 1 heterocycles. The fraction of sp³-hybridized carbons (Fsp3) is 0.750. The lowest BCUT2D eigenvalue weighted by Gasteiger charge is -2.29. The van der Waals surface area contributed by atoms with Gasteiger partial charge >= 0.3 is 0 Å². The Morgan fingerprint density at radius 3 is 2.38 bits per heavy atom. The third-order valence-electron chi connectivity index (χ3n) is 3.00. The highest BCUT2D eigenvalue weighted by Crippen LogP contribution is 2.33. The van der Waals surface area contributed by atoms with Gasteiger partial charge in [-0.05, 0) is 31.2 Å². The number of alkyl halides is 2. The Morgan fingerprint density at radius 2 is 2.00 bits per heavy atom. The molecule has 1 rings (SSSR count). The molecule has 0 saturated heterocycles. The molecule has 4 heteroatoms. The van der Waals surface area contributed by atoms with E-state index in [2.05, 4.69) is 49.9 Å². The predicted octanol–water partition coefficient (Wildman–Crippen LogP) is 3.85. The van der Waals surface area contributed by atoms with Gasteiger partial charge in [-0.2, -0.15) is 5.10 Å². The lowest BCUT2D eigenvalue weighted by molar-refractivity contribution is 0.343. The van der Waals surface area contributed by atoms with Crippen molar-refractivity contribution in [2.24, 2.45) is 12.5 Å². The molecule has 0 unspecified atom stereocenters. The predicted molar refractivity (Wildman–Crippen MR) is 76.6 cm³/mol. The maximum absolute atomic E-state index is 4.41. The van der Waals surface area contributed by atoms with Crippen LogP contribution in [0.1, 0.15) is 31.2 Å². The number of rotatable bonds is 6. The van der Waals surface area contributed by atoms with Crippen molar-refractivity contribution in [2.45, 2.75) is 33.1 Å². The first-order chi connectivity index (χ1) is 7.56. The summed E-state index contributed by atoms with van der Waals surface area (Å²) in [5.74, 6) is 0. The van der Waals surface area contributed by atoms with Crippen molar-refractivity contribution < 1.29 is 0 Å². The van der Waals surface area contributed by atoms with Gasteiger partial charge in [0, 0.05) is 23.4 Å². The first-order valence-electron chi connectivity index (χ1n) is 5.68. The molecule has 0 amide bonds. The van der Waals surface area contributed by atoms with Crippen LogP contribution in [0.3, 0.4) is 0 Å². The highest BCUT2D eigenvalue weighted by Gasteiger charge is 2.28. The Hall–Kier alpha value is 0.170. The second-order valence-electron chi connectivity index (χ2n) is 4.59. The number of aromatic nitrogens is 2. The number of hydrogen-bond acceptors (Lipinski definition) is 1. The zero-order valence-electron chi connectivity index (χ0n) is 10.3. The Kier molecular flexibility index (Phi) is 5.51. The molecular weight excluding hydrogens is 332 g/mol. The Balaban J connectivity index is 2.86. The molecule has 1 aromatic rings. The average Bonchev–Trinajstić information content (AvgIpc) is 2.56. The van der Waals surface area contributed by atoms with E-state index in [0.717, 1.165) is 22.8 Å². The van der Waals surface area contributed by atoms with E-state index in [1.807, 2.05) is 18.7 Å². The van der Waals surface area contributed by atoms with Crippen LogP contribution in [-0.4, -0.2) is 20.4 Å². The molecule has 0 saturated carbocycles. The van der Waals surface area contributed by atoms with Crippen molar-refractivity contribution >= 4 is 31.9 Å². The molecule has 92 valence electrons. The minimum absolute atomic E-state index is 0.314. The minimum Gasteiger partial charge on any atom is -0.272 e. The third kappa shape index (κ3) is 3.33. The number of nitrogens with zero attached hydrogens (tertiary/aromatic N) is 2. The monoisotopic (exact) mass is 350 g/mol. The molecule has 0 fully saturated rings. The number of halogens is 2. The van der Waals surface area contributed by atoms with Crippen molar-refractivity contribution in [3.05, 3.63) is 17.5 Å². The number of hydrogen-bond donors (Lipinski definition) is 0. The first-order valence-corrected chi connectivity index (χ1v) is 7.92. The third-order valence-corrected chi connectivity index (χ3v) is 5.38. The highest BCUT2D eigenvalue weighted by molar-refractivity contribution is 9.09. The molecule has 0 atom stereocenters. The highest BCUT2D eigenvalue weighted by atomic mass is 79.9. The van der Waals surface area contributed by atoms with Crippen molar-refractivity contribution in [2.75, 3.05) is 10.7 Å². The van der Waals surface area contributed by atoms with Crippen LogP contribution in [0.25, 0.3) is 0 Å². The van der Waals surface area contributed by atoms with Crippen molar-refractivity contribution in [3.8, 4) is 0 Å². The summed E-state index contributed by atoms with van der Waals surface area (Å²) in [5.41, 5.74) is 2.74. The summed E-state index contributed by atoms with van der Waals surface area (Å²) >= 11 is 7.33. The maximum Gasteiger partial charge on any atom is 0.0596 e. The first kappa shape index (κ1) is 14.2. The molecule has 0 aliphatic heterocycles. The lowest BCUT2D eigenvalue weighted by Crippen LogP contribution is -2.28. The van der Waals surface area contributed by atoms with Gasteiger partial charge < -0.3 is 0 Å². The van der Waals surface area contributed by atoms with Gasteiger partial charge in [0.15, 0.2) is 0 Å². The smallest absolute Gasteiger partial charge is 0.0596 e. The van der Waals surface area contributed by atoms with Gasteiger partial charge in [-0.25, -0.2) is 0 Å². The van der Waals surface area contributed by atoms with Crippen LogP contribution in [0.5, 0.6) is 0 Å². The quantitative estimate of drug-likeness (QED) is 0.712. The van der Waals surface area contributed by atoms with Crippen LogP contribution in [-0.2, 0) is 13.5 Å². The van der Waals surface area contributed by atoms with E-state index >= 15 is 0 Å². The minimum atomic E-state index is 0.314. The topological polar surface area (TPSA) is 17.8 Å². The van der Waals surface area contributed by atoms with Crippen LogP contribution in [0.15, 0.2) is 6.07 Å². The molecular formula is C12H20Br2N2. The molecule has 0 aliphatic rings. The van der Waals surface area contributed by atoms with E-state index in [1.54, 1.807) is 0 Å². The summed E-state index contributed by atoms with van der Waals surface area (Å²) in [7, 11) is 2.03. The molecule has 1 aromatic heterocycles. The van der Waals surface area contributed by atoms with E-state index in [1.165, 1.54) is 18.5 Å². The summed E-state index contributed by atoms with van der Waals surface area (Å²) in [5, 5.41) is 6.47. The van der Waals surface area contributed by atoms with Crippen molar-refractivity contribution in [1.29, 1.82) is 0 Å². The van der Waals surface area contributed by atoms with Gasteiger partial charge in [-0.15, -0.1) is 0 Å². The molecule has 0 aliphatic carbocycles. The Morgan fingerprint density at radius 1 is 1.38 bits per heavy atom. The zero-order chi connectivity index (χ0) is 12.2. The van der Waals surface area contributed by atoms with Crippen LogP contribution in [0, 0.1) is 12.3 Å². The van der Waals surface area contributed by atoms with Gasteiger partial charge in [0.05, 0.1) is 5.69 Å². The molecule has 0 bridgehead atoms. The molecule has 0 aromatic carbocycles. The van der Waals surface area contributed by atoms with Crippen LogP contribution >= 0.6 is 31.9 Å². The van der Waals surface area contributed by atoms with Gasteiger partial charge in [-0.3, -0.25) is 4.68 Å². The summed E-state index contributed by atoms with van der Waals surface area (Å²) in [6.45, 7) is 4.29. The van der Waals surface area contributed by atoms with Crippen LogP contribution < -0.4 is 0 Å². The Bertz CT molecular complexity index is 330. The van der Waals surface area contributed by atoms with Gasteiger partial charge in [-0.1, -0.05) is 45.2 Å². The molecule has 0 radical (unpaired) electrons. The SMILES string of the molecule is CCCC(CBr)(CBr)Cc1cc(C)nn1C. The van der Waals surface area contributed by atoms with Gasteiger partial charge in [0.25, 0.3) is 0 Å². The second kappa shape index (κ2) is 6.20. The molecule has 0 spiro atoms.